The van der Waals surface area contributed by atoms with Gasteiger partial charge in [0.1, 0.15) is 5.69 Å². The number of hydrogen-bond donors (Lipinski definition) is 2. The van der Waals surface area contributed by atoms with Gasteiger partial charge in [-0.15, -0.1) is 0 Å². The molecule has 0 atom stereocenters. The van der Waals surface area contributed by atoms with E-state index in [0.717, 1.165) is 25.1 Å². The summed E-state index contributed by atoms with van der Waals surface area (Å²) in [4.78, 5) is 11.2. The van der Waals surface area contributed by atoms with Gasteiger partial charge >= 0.3 is 0 Å². The minimum atomic E-state index is -0.0480. The van der Waals surface area contributed by atoms with Gasteiger partial charge in [0.05, 0.1) is 0 Å². The van der Waals surface area contributed by atoms with Crippen molar-refractivity contribution in [3.05, 3.63) is 17.5 Å². The van der Waals surface area contributed by atoms with Crippen molar-refractivity contribution >= 4 is 11.4 Å². The largest absolute Gasteiger partial charge is 0.313 e. The van der Waals surface area contributed by atoms with Gasteiger partial charge in [-0.25, -0.2) is 0 Å². The summed E-state index contributed by atoms with van der Waals surface area (Å²) in [5.41, 5.74) is 2.25. The molecule has 0 aliphatic carbocycles. The molecule has 1 aliphatic heterocycles. The van der Waals surface area contributed by atoms with Crippen molar-refractivity contribution in [3.63, 3.8) is 0 Å². The van der Waals surface area contributed by atoms with Crippen LogP contribution >= 0.6 is 0 Å². The second kappa shape index (κ2) is 3.71. The predicted molar refractivity (Wildman–Crippen MR) is 51.9 cm³/mol. The first-order valence-corrected chi connectivity index (χ1v) is 4.61. The normalized spacial score (nSPS) is 16.5. The molecule has 2 heterocycles. The number of rotatable bonds is 2. The third-order valence-corrected chi connectivity index (χ3v) is 2.25. The fourth-order valence-corrected chi connectivity index (χ4v) is 1.54. The highest BCUT2D eigenvalue weighted by atomic mass is 16.1. The fraction of sp³-hybridized carbons (Fsp3) is 0.444. The molecule has 0 aromatic carbocycles. The molecule has 5 nitrogen and oxygen atoms in total. The highest BCUT2D eigenvalue weighted by molar-refractivity contribution is 5.96. The van der Waals surface area contributed by atoms with Crippen LogP contribution in [-0.2, 0) is 0 Å². The van der Waals surface area contributed by atoms with Crippen LogP contribution in [-0.4, -0.2) is 34.3 Å². The second-order valence-corrected chi connectivity index (χ2v) is 3.26. The van der Waals surface area contributed by atoms with Gasteiger partial charge in [0.25, 0.3) is 0 Å². The number of hydrogen-bond acceptors (Lipinski definition) is 4. The van der Waals surface area contributed by atoms with Gasteiger partial charge in [-0.3, -0.25) is 4.79 Å². The molecule has 14 heavy (non-hydrogen) atoms. The van der Waals surface area contributed by atoms with Crippen molar-refractivity contribution in [2.45, 2.75) is 13.3 Å². The molecule has 2 rings (SSSR count). The highest BCUT2D eigenvalue weighted by Gasteiger charge is 2.17. The van der Waals surface area contributed by atoms with Crippen molar-refractivity contribution in [1.29, 1.82) is 0 Å². The summed E-state index contributed by atoms with van der Waals surface area (Å²) in [6, 6.07) is 0. The minimum Gasteiger partial charge on any atom is -0.313 e. The maximum atomic E-state index is 11.2. The van der Waals surface area contributed by atoms with Gasteiger partial charge in [0.2, 0.25) is 0 Å². The van der Waals surface area contributed by atoms with Crippen LogP contribution in [0, 0.1) is 0 Å². The first-order valence-electron chi connectivity index (χ1n) is 4.61. The first kappa shape index (κ1) is 9.08. The standard InChI is InChI=1S/C9H12N4O/c1-6(14)8-9(12-13-11-8)7-2-4-10-5-3-7/h2,10H,3-5H2,1H3,(H,11,12,13). The van der Waals surface area contributed by atoms with Crippen LogP contribution < -0.4 is 5.32 Å². The predicted octanol–water partition coefficient (Wildman–Crippen LogP) is 0.384. The van der Waals surface area contributed by atoms with Crippen LogP contribution in [0.15, 0.2) is 6.08 Å². The van der Waals surface area contributed by atoms with E-state index in [9.17, 15) is 4.79 Å². The Balaban J connectivity index is 2.35. The van der Waals surface area contributed by atoms with E-state index in [2.05, 4.69) is 20.7 Å². The smallest absolute Gasteiger partial charge is 0.182 e. The molecule has 5 heteroatoms. The first-order chi connectivity index (χ1) is 6.79. The molecule has 0 bridgehead atoms. The van der Waals surface area contributed by atoms with Gasteiger partial charge in [-0.05, 0) is 18.5 Å². The Morgan fingerprint density at radius 1 is 1.50 bits per heavy atom. The van der Waals surface area contributed by atoms with Crippen LogP contribution in [0.25, 0.3) is 5.57 Å². The summed E-state index contributed by atoms with van der Waals surface area (Å²) < 4.78 is 0. The number of aromatic amines is 1. The molecule has 1 aromatic heterocycles. The number of nitrogens with zero attached hydrogens (tertiary/aromatic N) is 2. The molecular weight excluding hydrogens is 180 g/mol. The lowest BCUT2D eigenvalue weighted by Gasteiger charge is -2.11. The van der Waals surface area contributed by atoms with E-state index in [4.69, 9.17) is 0 Å². The molecule has 0 saturated carbocycles. The lowest BCUT2D eigenvalue weighted by Crippen LogP contribution is -2.20. The van der Waals surface area contributed by atoms with Crippen LogP contribution in [0.4, 0.5) is 0 Å². The number of carbonyl (C=O) groups is 1. The monoisotopic (exact) mass is 192 g/mol. The van der Waals surface area contributed by atoms with E-state index in [1.807, 2.05) is 6.08 Å². The average Bonchev–Trinajstić information content (AvgIpc) is 2.67. The molecule has 74 valence electrons. The maximum absolute atomic E-state index is 11.2. The molecular formula is C9H12N4O. The van der Waals surface area contributed by atoms with E-state index < -0.39 is 0 Å². The summed E-state index contributed by atoms with van der Waals surface area (Å²) in [7, 11) is 0. The molecule has 0 unspecified atom stereocenters. The van der Waals surface area contributed by atoms with E-state index >= 15 is 0 Å². The van der Waals surface area contributed by atoms with Crippen LogP contribution in [0.5, 0.6) is 0 Å². The zero-order valence-electron chi connectivity index (χ0n) is 8.00. The van der Waals surface area contributed by atoms with Crippen LogP contribution in [0.3, 0.4) is 0 Å². The number of H-pyrrole nitrogens is 1. The second-order valence-electron chi connectivity index (χ2n) is 3.26. The van der Waals surface area contributed by atoms with Gasteiger partial charge in [0.15, 0.2) is 11.5 Å². The number of aromatic nitrogens is 3. The van der Waals surface area contributed by atoms with Gasteiger partial charge < -0.3 is 5.32 Å². The van der Waals surface area contributed by atoms with E-state index in [1.165, 1.54) is 6.92 Å². The quantitative estimate of drug-likeness (QED) is 0.665. The zero-order valence-corrected chi connectivity index (χ0v) is 8.00. The van der Waals surface area contributed by atoms with Gasteiger partial charge in [-0.2, -0.15) is 15.4 Å². The van der Waals surface area contributed by atoms with E-state index in [-0.39, 0.29) is 5.78 Å². The number of nitrogens with one attached hydrogen (secondary N) is 2. The zero-order chi connectivity index (χ0) is 9.97. The summed E-state index contributed by atoms with van der Waals surface area (Å²) in [5, 5.41) is 13.6. The van der Waals surface area contributed by atoms with Crippen LogP contribution in [0.1, 0.15) is 29.5 Å². The summed E-state index contributed by atoms with van der Waals surface area (Å²) >= 11 is 0. The molecule has 0 saturated heterocycles. The third kappa shape index (κ3) is 1.58. The van der Waals surface area contributed by atoms with Crippen molar-refractivity contribution in [1.82, 2.24) is 20.7 Å². The Morgan fingerprint density at radius 3 is 3.00 bits per heavy atom. The van der Waals surface area contributed by atoms with Gasteiger partial charge in [0, 0.05) is 13.5 Å². The Hall–Kier alpha value is -1.49. The lowest BCUT2D eigenvalue weighted by atomic mass is 10.0. The minimum absolute atomic E-state index is 0.0480. The van der Waals surface area contributed by atoms with Crippen molar-refractivity contribution in [3.8, 4) is 0 Å². The molecule has 1 aliphatic rings. The third-order valence-electron chi connectivity index (χ3n) is 2.25. The fourth-order valence-electron chi connectivity index (χ4n) is 1.54. The van der Waals surface area contributed by atoms with Crippen molar-refractivity contribution < 1.29 is 4.79 Å². The molecule has 0 amide bonds. The highest BCUT2D eigenvalue weighted by Crippen LogP contribution is 2.19. The van der Waals surface area contributed by atoms with E-state index in [1.54, 1.807) is 0 Å². The Kier molecular flexibility index (Phi) is 2.41. The molecule has 0 spiro atoms. The summed E-state index contributed by atoms with van der Waals surface area (Å²) in [6.45, 7) is 3.26. The topological polar surface area (TPSA) is 70.7 Å². The summed E-state index contributed by atoms with van der Waals surface area (Å²) in [6.07, 6.45) is 2.95. The Bertz CT molecular complexity index is 380. The van der Waals surface area contributed by atoms with Crippen molar-refractivity contribution in [2.75, 3.05) is 13.1 Å². The van der Waals surface area contributed by atoms with Crippen LogP contribution in [0.2, 0.25) is 0 Å². The molecule has 1 aromatic rings. The lowest BCUT2D eigenvalue weighted by molar-refractivity contribution is 0.101. The summed E-state index contributed by atoms with van der Waals surface area (Å²) in [5.74, 6) is -0.0480. The number of Topliss-reactive ketones (excluding diaryl/α,β-unsaturated/α-hetero) is 1. The van der Waals surface area contributed by atoms with Gasteiger partial charge in [-0.1, -0.05) is 6.08 Å². The molecule has 0 fully saturated rings. The Labute approximate surface area is 81.6 Å². The average molecular weight is 192 g/mol. The number of carbonyl (C=O) groups excluding carboxylic acids is 1. The van der Waals surface area contributed by atoms with E-state index in [0.29, 0.717) is 11.4 Å². The molecule has 0 radical (unpaired) electrons. The SMILES string of the molecule is CC(=O)c1n[nH]nc1C1=CCNCC1. The maximum Gasteiger partial charge on any atom is 0.182 e. The molecule has 2 N–H and O–H groups in total. The Morgan fingerprint density at radius 2 is 2.36 bits per heavy atom. The number of ketones is 1. The van der Waals surface area contributed by atoms with Crippen molar-refractivity contribution in [2.24, 2.45) is 0 Å².